The summed E-state index contributed by atoms with van der Waals surface area (Å²) in [5.41, 5.74) is 6.65. The molecular weight excluding hydrogens is 412 g/mol. The summed E-state index contributed by atoms with van der Waals surface area (Å²) < 4.78 is 5.36. The van der Waals surface area contributed by atoms with Gasteiger partial charge >= 0.3 is 5.97 Å². The summed E-state index contributed by atoms with van der Waals surface area (Å²) in [4.78, 5) is 29.7. The van der Waals surface area contributed by atoms with E-state index in [1.54, 1.807) is 0 Å². The van der Waals surface area contributed by atoms with Crippen LogP contribution in [0.25, 0.3) is 22.6 Å². The maximum absolute atomic E-state index is 13.1. The van der Waals surface area contributed by atoms with Gasteiger partial charge in [-0.1, -0.05) is 63.2 Å². The first-order valence-electron chi connectivity index (χ1n) is 11.4. The summed E-state index contributed by atoms with van der Waals surface area (Å²) in [6, 6.07) is 16.2. The second-order valence-electron chi connectivity index (χ2n) is 9.48. The third kappa shape index (κ3) is 4.82. The number of carbonyl (C=O) groups is 2. The fourth-order valence-electron chi connectivity index (χ4n) is 4.26. The summed E-state index contributed by atoms with van der Waals surface area (Å²) in [6.07, 6.45) is 4.74. The van der Waals surface area contributed by atoms with Crippen molar-refractivity contribution in [3.8, 4) is 0 Å². The van der Waals surface area contributed by atoms with Crippen LogP contribution >= 0.6 is 0 Å². The molecule has 0 atom stereocenters. The Labute approximate surface area is 194 Å². The summed E-state index contributed by atoms with van der Waals surface area (Å²) in [5, 5.41) is 3.24. The summed E-state index contributed by atoms with van der Waals surface area (Å²) >= 11 is 0. The van der Waals surface area contributed by atoms with E-state index in [-0.39, 0.29) is 17.9 Å². The predicted molar refractivity (Wildman–Crippen MR) is 132 cm³/mol. The lowest BCUT2D eigenvalue weighted by Gasteiger charge is -2.22. The van der Waals surface area contributed by atoms with Gasteiger partial charge in [-0.15, -0.1) is 0 Å². The molecule has 1 aliphatic carbocycles. The fourth-order valence-corrected chi connectivity index (χ4v) is 4.26. The first-order valence-corrected chi connectivity index (χ1v) is 11.4. The molecule has 170 valence electrons. The van der Waals surface area contributed by atoms with E-state index in [1.165, 1.54) is 12.6 Å². The molecule has 0 saturated carbocycles. The number of likely N-dealkylation sites (N-methyl/N-ethyl adjacent to an activating group) is 1. The van der Waals surface area contributed by atoms with E-state index in [0.717, 1.165) is 52.6 Å². The number of rotatable bonds is 4. The standard InChI is InChI=1S/C28H30N2O3/c1-28(2,3)20-14-12-18(13-15-20)16-19-8-7-10-22-25(27(32)33-17-24(31)29-4)21-9-5-6-11-23(21)30-26(19)22/h5-6,9,11-16H,7-8,10,17H2,1-4H3,(H,29,31). The minimum Gasteiger partial charge on any atom is -0.452 e. The normalized spacial score (nSPS) is 14.7. The van der Waals surface area contributed by atoms with Crippen molar-refractivity contribution >= 4 is 34.4 Å². The van der Waals surface area contributed by atoms with Gasteiger partial charge in [0.25, 0.3) is 5.91 Å². The number of pyridine rings is 1. The van der Waals surface area contributed by atoms with E-state index >= 15 is 0 Å². The van der Waals surface area contributed by atoms with Gasteiger partial charge in [0, 0.05) is 12.4 Å². The molecule has 0 saturated heterocycles. The molecule has 1 amide bonds. The largest absolute Gasteiger partial charge is 0.452 e. The first kappa shape index (κ1) is 22.7. The SMILES string of the molecule is CNC(=O)COC(=O)c1c2c(nc3ccccc13)C(=Cc1ccc(C(C)(C)C)cc1)CCC2. The Hall–Kier alpha value is -3.47. The molecule has 0 unspecified atom stereocenters. The second-order valence-corrected chi connectivity index (χ2v) is 9.48. The minimum absolute atomic E-state index is 0.105. The molecule has 0 bridgehead atoms. The highest BCUT2D eigenvalue weighted by Crippen LogP contribution is 2.36. The lowest BCUT2D eigenvalue weighted by Crippen LogP contribution is -2.26. The molecule has 5 nitrogen and oxygen atoms in total. The van der Waals surface area contributed by atoms with Crippen LogP contribution in [0.1, 0.15) is 66.4 Å². The van der Waals surface area contributed by atoms with Gasteiger partial charge in [-0.3, -0.25) is 4.79 Å². The van der Waals surface area contributed by atoms with Crippen LogP contribution in [0.4, 0.5) is 0 Å². The maximum atomic E-state index is 13.1. The van der Waals surface area contributed by atoms with Crippen LogP contribution < -0.4 is 5.32 Å². The average molecular weight is 443 g/mol. The topological polar surface area (TPSA) is 68.3 Å². The Morgan fingerprint density at radius 2 is 1.79 bits per heavy atom. The number of allylic oxidation sites excluding steroid dienone is 1. The van der Waals surface area contributed by atoms with Crippen molar-refractivity contribution in [1.29, 1.82) is 0 Å². The van der Waals surface area contributed by atoms with Crippen LogP contribution in [0, 0.1) is 0 Å². The minimum atomic E-state index is -0.482. The van der Waals surface area contributed by atoms with Gasteiger partial charge in [0.2, 0.25) is 0 Å². The van der Waals surface area contributed by atoms with E-state index in [0.29, 0.717) is 5.56 Å². The van der Waals surface area contributed by atoms with Crippen molar-refractivity contribution in [2.24, 2.45) is 0 Å². The summed E-state index contributed by atoms with van der Waals surface area (Å²) in [5.74, 6) is -0.820. The molecule has 1 aliphatic rings. The quantitative estimate of drug-likeness (QED) is 0.556. The number of hydrogen-bond acceptors (Lipinski definition) is 4. The van der Waals surface area contributed by atoms with Crippen LogP contribution in [0.15, 0.2) is 48.5 Å². The number of hydrogen-bond donors (Lipinski definition) is 1. The molecular formula is C28H30N2O3. The number of para-hydroxylation sites is 1. The van der Waals surface area contributed by atoms with Gasteiger partial charge in [0.05, 0.1) is 16.8 Å². The Bertz CT molecular complexity index is 1230. The zero-order valence-electron chi connectivity index (χ0n) is 19.7. The molecule has 0 radical (unpaired) electrons. The van der Waals surface area contributed by atoms with Gasteiger partial charge in [0.1, 0.15) is 0 Å². The van der Waals surface area contributed by atoms with Crippen molar-refractivity contribution in [2.45, 2.75) is 45.4 Å². The van der Waals surface area contributed by atoms with E-state index in [1.807, 2.05) is 24.3 Å². The maximum Gasteiger partial charge on any atom is 0.339 e. The van der Waals surface area contributed by atoms with Crippen molar-refractivity contribution in [1.82, 2.24) is 10.3 Å². The number of amides is 1. The van der Waals surface area contributed by atoms with Crippen LogP contribution in [-0.2, 0) is 21.4 Å². The highest BCUT2D eigenvalue weighted by atomic mass is 16.5. The molecule has 3 aromatic rings. The summed E-state index contributed by atoms with van der Waals surface area (Å²) in [6.45, 7) is 6.32. The monoisotopic (exact) mass is 442 g/mol. The average Bonchev–Trinajstić information content (AvgIpc) is 2.81. The summed E-state index contributed by atoms with van der Waals surface area (Å²) in [7, 11) is 1.52. The van der Waals surface area contributed by atoms with Gasteiger partial charge < -0.3 is 10.1 Å². The van der Waals surface area contributed by atoms with Gasteiger partial charge in [0.15, 0.2) is 6.61 Å². The van der Waals surface area contributed by atoms with Crippen molar-refractivity contribution in [3.63, 3.8) is 0 Å². The van der Waals surface area contributed by atoms with Gasteiger partial charge in [-0.2, -0.15) is 0 Å². The number of esters is 1. The van der Waals surface area contributed by atoms with Crippen LogP contribution in [0.5, 0.6) is 0 Å². The van der Waals surface area contributed by atoms with Crippen LogP contribution in [0.2, 0.25) is 0 Å². The lowest BCUT2D eigenvalue weighted by atomic mass is 9.85. The molecule has 5 heteroatoms. The van der Waals surface area contributed by atoms with E-state index < -0.39 is 5.97 Å². The van der Waals surface area contributed by atoms with Crippen molar-refractivity contribution in [3.05, 3.63) is 76.5 Å². The molecule has 1 aromatic heterocycles. The van der Waals surface area contributed by atoms with E-state index in [9.17, 15) is 9.59 Å². The smallest absolute Gasteiger partial charge is 0.339 e. The number of nitrogens with one attached hydrogen (secondary N) is 1. The first-order chi connectivity index (χ1) is 15.8. The Morgan fingerprint density at radius 3 is 2.48 bits per heavy atom. The fraction of sp³-hybridized carbons (Fsp3) is 0.321. The van der Waals surface area contributed by atoms with Crippen LogP contribution in [-0.4, -0.2) is 30.5 Å². The molecule has 1 N–H and O–H groups in total. The molecule has 33 heavy (non-hydrogen) atoms. The lowest BCUT2D eigenvalue weighted by molar-refractivity contribution is -0.123. The number of nitrogens with zero attached hydrogens (tertiary/aromatic N) is 1. The third-order valence-corrected chi connectivity index (χ3v) is 6.11. The van der Waals surface area contributed by atoms with E-state index in [4.69, 9.17) is 9.72 Å². The van der Waals surface area contributed by atoms with Crippen molar-refractivity contribution in [2.75, 3.05) is 13.7 Å². The molecule has 4 rings (SSSR count). The highest BCUT2D eigenvalue weighted by molar-refractivity contribution is 6.07. The number of aromatic nitrogens is 1. The van der Waals surface area contributed by atoms with E-state index in [2.05, 4.69) is 56.4 Å². The number of carbonyl (C=O) groups excluding carboxylic acids is 2. The molecule has 1 heterocycles. The zero-order chi connectivity index (χ0) is 23.6. The number of fused-ring (bicyclic) bond motifs is 2. The number of benzene rings is 2. The number of ether oxygens (including phenoxy) is 1. The highest BCUT2D eigenvalue weighted by Gasteiger charge is 2.26. The zero-order valence-corrected chi connectivity index (χ0v) is 19.7. The third-order valence-electron chi connectivity index (χ3n) is 6.11. The van der Waals surface area contributed by atoms with Crippen LogP contribution in [0.3, 0.4) is 0 Å². The van der Waals surface area contributed by atoms with Gasteiger partial charge in [-0.25, -0.2) is 9.78 Å². The molecule has 0 spiro atoms. The Morgan fingerprint density at radius 1 is 1.06 bits per heavy atom. The van der Waals surface area contributed by atoms with Gasteiger partial charge in [-0.05, 0) is 59.1 Å². The predicted octanol–water partition coefficient (Wildman–Crippen LogP) is 5.31. The second kappa shape index (κ2) is 9.18. The van der Waals surface area contributed by atoms with Crippen molar-refractivity contribution < 1.29 is 14.3 Å². The molecule has 2 aromatic carbocycles. The molecule has 0 fully saturated rings. The Balaban J connectivity index is 1.79. The Kier molecular flexibility index (Phi) is 6.32. The molecule has 0 aliphatic heterocycles.